The summed E-state index contributed by atoms with van der Waals surface area (Å²) in [5.41, 5.74) is 1.11. The molecule has 1 amide bonds. The molecule has 1 aromatic carbocycles. The summed E-state index contributed by atoms with van der Waals surface area (Å²) in [6.07, 6.45) is 0.285. The van der Waals surface area contributed by atoms with Gasteiger partial charge in [0, 0.05) is 76.8 Å². The summed E-state index contributed by atoms with van der Waals surface area (Å²) >= 11 is 0. The van der Waals surface area contributed by atoms with Gasteiger partial charge in [-0.2, -0.15) is 13.2 Å². The van der Waals surface area contributed by atoms with E-state index in [9.17, 15) is 18.0 Å². The van der Waals surface area contributed by atoms with Crippen molar-refractivity contribution >= 4 is 5.91 Å². The molecule has 0 spiro atoms. The van der Waals surface area contributed by atoms with Gasteiger partial charge in [-0.25, -0.2) is 0 Å². The number of amides is 1. The third-order valence-corrected chi connectivity index (χ3v) is 9.64. The van der Waals surface area contributed by atoms with Crippen LogP contribution in [0.1, 0.15) is 41.6 Å². The summed E-state index contributed by atoms with van der Waals surface area (Å²) in [5, 5.41) is 3.81. The van der Waals surface area contributed by atoms with Crippen LogP contribution in [0.4, 0.5) is 13.2 Å². The van der Waals surface area contributed by atoms with Crippen molar-refractivity contribution in [1.82, 2.24) is 20.1 Å². The van der Waals surface area contributed by atoms with Crippen LogP contribution in [0.5, 0.6) is 0 Å². The summed E-state index contributed by atoms with van der Waals surface area (Å²) in [4.78, 5) is 22.8. The Labute approximate surface area is 239 Å². The molecule has 1 aliphatic carbocycles. The maximum absolute atomic E-state index is 14.5. The number of likely N-dealkylation sites (tertiary alicyclic amines) is 1. The van der Waals surface area contributed by atoms with Crippen LogP contribution in [0.2, 0.25) is 0 Å². The standard InChI is InChI=1S/C31H39F3N4O3/c1-40-28-19-41-12-9-27(28)36-25-14-24-18-37(10-7-21-5-3-2-4-6-21)20-30(24,15-25)29(39)38-11-8-26-22(17-38)13-23(16-35-26)31(32,33)34/h2-6,13,16,24-25,27-28,36H,7-12,14-15,17-20H2,1H3/t24-,25+,27-,28+,30-/m0/s1. The van der Waals surface area contributed by atoms with Crippen molar-refractivity contribution in [3.05, 3.63) is 65.0 Å². The van der Waals surface area contributed by atoms with E-state index in [1.807, 2.05) is 18.2 Å². The van der Waals surface area contributed by atoms with Crippen LogP contribution in [-0.2, 0) is 39.8 Å². The second kappa shape index (κ2) is 11.6. The van der Waals surface area contributed by atoms with Crippen LogP contribution >= 0.6 is 0 Å². The van der Waals surface area contributed by atoms with Gasteiger partial charge in [-0.1, -0.05) is 30.3 Å². The van der Waals surface area contributed by atoms with Crippen molar-refractivity contribution in [2.45, 2.75) is 63.0 Å². The second-order valence-corrected chi connectivity index (χ2v) is 12.2. The zero-order chi connectivity index (χ0) is 28.6. The monoisotopic (exact) mass is 572 g/mol. The number of rotatable bonds is 7. The molecule has 0 radical (unpaired) electrons. The quantitative estimate of drug-likeness (QED) is 0.546. The summed E-state index contributed by atoms with van der Waals surface area (Å²) < 4.78 is 51.5. The van der Waals surface area contributed by atoms with Crippen LogP contribution in [0, 0.1) is 11.3 Å². The lowest BCUT2D eigenvalue weighted by atomic mass is 9.78. The van der Waals surface area contributed by atoms with E-state index in [0.717, 1.165) is 45.0 Å². The highest BCUT2D eigenvalue weighted by Crippen LogP contribution is 2.50. The van der Waals surface area contributed by atoms with E-state index in [1.54, 1.807) is 12.0 Å². The van der Waals surface area contributed by atoms with Gasteiger partial charge in [0.15, 0.2) is 0 Å². The van der Waals surface area contributed by atoms with Crippen molar-refractivity contribution < 1.29 is 27.4 Å². The Kier molecular flexibility index (Phi) is 8.11. The molecular weight excluding hydrogens is 533 g/mol. The molecule has 41 heavy (non-hydrogen) atoms. The van der Waals surface area contributed by atoms with Gasteiger partial charge in [-0.3, -0.25) is 9.78 Å². The van der Waals surface area contributed by atoms with Gasteiger partial charge in [-0.05, 0) is 48.8 Å². The molecule has 6 rings (SSSR count). The smallest absolute Gasteiger partial charge is 0.379 e. The van der Waals surface area contributed by atoms with Crippen LogP contribution in [0.15, 0.2) is 42.6 Å². The first-order chi connectivity index (χ1) is 19.7. The largest absolute Gasteiger partial charge is 0.417 e. The maximum atomic E-state index is 14.5. The van der Waals surface area contributed by atoms with Gasteiger partial charge in [0.1, 0.15) is 0 Å². The summed E-state index contributed by atoms with van der Waals surface area (Å²) in [5.74, 6) is 0.262. The molecule has 0 unspecified atom stereocenters. The molecule has 3 fully saturated rings. The first kappa shape index (κ1) is 28.6. The molecule has 2 aromatic rings. The number of aromatic nitrogens is 1. The maximum Gasteiger partial charge on any atom is 0.417 e. The Bertz CT molecular complexity index is 1230. The fraction of sp³-hybridized carbons (Fsp3) is 0.613. The molecule has 1 saturated carbocycles. The molecule has 1 N–H and O–H groups in total. The van der Waals surface area contributed by atoms with Crippen LogP contribution in [0.25, 0.3) is 0 Å². The minimum atomic E-state index is -4.46. The molecule has 5 atom stereocenters. The number of fused-ring (bicyclic) bond motifs is 2. The molecule has 10 heteroatoms. The average Bonchev–Trinajstić information content (AvgIpc) is 3.49. The highest BCUT2D eigenvalue weighted by Gasteiger charge is 2.58. The van der Waals surface area contributed by atoms with Crippen molar-refractivity contribution in [1.29, 1.82) is 0 Å². The van der Waals surface area contributed by atoms with Crippen LogP contribution < -0.4 is 5.32 Å². The number of nitrogens with one attached hydrogen (secondary N) is 1. The van der Waals surface area contributed by atoms with Crippen molar-refractivity contribution in [2.75, 3.05) is 46.5 Å². The number of pyridine rings is 1. The predicted octanol–water partition coefficient (Wildman–Crippen LogP) is 3.70. The van der Waals surface area contributed by atoms with Crippen molar-refractivity contribution in [2.24, 2.45) is 11.3 Å². The molecule has 3 aliphatic heterocycles. The zero-order valence-corrected chi connectivity index (χ0v) is 23.5. The van der Waals surface area contributed by atoms with E-state index in [-0.39, 0.29) is 36.6 Å². The number of hydrogen-bond acceptors (Lipinski definition) is 6. The number of hydrogen-bond donors (Lipinski definition) is 1. The Morgan fingerprint density at radius 3 is 2.88 bits per heavy atom. The lowest BCUT2D eigenvalue weighted by Crippen LogP contribution is -2.52. The van der Waals surface area contributed by atoms with E-state index in [0.29, 0.717) is 44.0 Å². The Hall–Kier alpha value is -2.53. The molecule has 4 heterocycles. The molecule has 222 valence electrons. The van der Waals surface area contributed by atoms with E-state index in [4.69, 9.17) is 9.47 Å². The number of carbonyl (C=O) groups is 1. The SMILES string of the molecule is CO[C@@H]1COCC[C@@H]1N[C@@H]1C[C@H]2CN(CCc3ccccc3)C[C@@]2(C(=O)N2CCc3ncc(C(F)(F)F)cc3C2)C1. The first-order valence-electron chi connectivity index (χ1n) is 14.7. The van der Waals surface area contributed by atoms with Crippen LogP contribution in [-0.4, -0.2) is 85.4 Å². The van der Waals surface area contributed by atoms with Crippen LogP contribution in [0.3, 0.4) is 0 Å². The van der Waals surface area contributed by atoms with Gasteiger partial charge >= 0.3 is 6.18 Å². The van der Waals surface area contributed by atoms with Crippen molar-refractivity contribution in [3.63, 3.8) is 0 Å². The van der Waals surface area contributed by atoms with E-state index in [1.165, 1.54) is 11.6 Å². The fourth-order valence-corrected chi connectivity index (χ4v) is 7.54. The Morgan fingerprint density at radius 2 is 2.10 bits per heavy atom. The fourth-order valence-electron chi connectivity index (χ4n) is 7.54. The van der Waals surface area contributed by atoms with E-state index in [2.05, 4.69) is 27.3 Å². The highest BCUT2D eigenvalue weighted by molar-refractivity contribution is 5.84. The number of benzene rings is 1. The van der Waals surface area contributed by atoms with Gasteiger partial charge in [0.2, 0.25) is 5.91 Å². The molecule has 1 aromatic heterocycles. The molecule has 0 bridgehead atoms. The highest BCUT2D eigenvalue weighted by atomic mass is 19.4. The van der Waals surface area contributed by atoms with Gasteiger partial charge < -0.3 is 24.6 Å². The number of halogens is 3. The Balaban J connectivity index is 1.21. The number of alkyl halides is 3. The molecule has 2 saturated heterocycles. The number of nitrogens with zero attached hydrogens (tertiary/aromatic N) is 3. The summed E-state index contributed by atoms with van der Waals surface area (Å²) in [6, 6.07) is 11.9. The third-order valence-electron chi connectivity index (χ3n) is 9.64. The van der Waals surface area contributed by atoms with Gasteiger partial charge in [0.25, 0.3) is 0 Å². The average molecular weight is 573 g/mol. The number of methoxy groups -OCH3 is 1. The minimum absolute atomic E-state index is 0.0212. The predicted molar refractivity (Wildman–Crippen MR) is 147 cm³/mol. The van der Waals surface area contributed by atoms with Gasteiger partial charge in [0.05, 0.1) is 23.7 Å². The lowest BCUT2D eigenvalue weighted by Gasteiger charge is -2.38. The second-order valence-electron chi connectivity index (χ2n) is 12.2. The molecule has 4 aliphatic rings. The topological polar surface area (TPSA) is 66.9 Å². The zero-order valence-electron chi connectivity index (χ0n) is 23.5. The molecular formula is C31H39F3N4O3. The summed E-state index contributed by atoms with van der Waals surface area (Å²) in [6.45, 7) is 4.30. The van der Waals surface area contributed by atoms with Crippen molar-refractivity contribution in [3.8, 4) is 0 Å². The van der Waals surface area contributed by atoms with E-state index < -0.39 is 17.2 Å². The third kappa shape index (κ3) is 5.89. The minimum Gasteiger partial charge on any atom is -0.379 e. The summed E-state index contributed by atoms with van der Waals surface area (Å²) in [7, 11) is 1.71. The molecule has 7 nitrogen and oxygen atoms in total. The van der Waals surface area contributed by atoms with Gasteiger partial charge in [-0.15, -0.1) is 0 Å². The normalized spacial score (nSPS) is 30.3. The first-order valence-corrected chi connectivity index (χ1v) is 14.7. The Morgan fingerprint density at radius 1 is 1.27 bits per heavy atom. The number of carbonyl (C=O) groups excluding carboxylic acids is 1. The van der Waals surface area contributed by atoms with E-state index >= 15 is 0 Å². The number of ether oxygens (including phenoxy) is 2. The lowest BCUT2D eigenvalue weighted by molar-refractivity contribution is -0.144.